The summed E-state index contributed by atoms with van der Waals surface area (Å²) in [6.45, 7) is 6.97. The first kappa shape index (κ1) is 13.0. The molecule has 2 aromatic heterocycles. The van der Waals surface area contributed by atoms with Crippen LogP contribution in [0.5, 0.6) is 0 Å². The highest BCUT2D eigenvalue weighted by molar-refractivity contribution is 5.95. The van der Waals surface area contributed by atoms with Gasteiger partial charge < -0.3 is 9.80 Å². The van der Waals surface area contributed by atoms with Gasteiger partial charge in [-0.1, -0.05) is 0 Å². The molecule has 1 aliphatic heterocycles. The van der Waals surface area contributed by atoms with Crippen LogP contribution in [-0.4, -0.2) is 68.5 Å². The molecule has 7 nitrogen and oxygen atoms in total. The summed E-state index contributed by atoms with van der Waals surface area (Å²) in [6.07, 6.45) is 1.73. The summed E-state index contributed by atoms with van der Waals surface area (Å²) in [5.74, 6) is 1.22. The maximum Gasteiger partial charge on any atom is 0.257 e. The van der Waals surface area contributed by atoms with Crippen molar-refractivity contribution in [3.8, 4) is 0 Å². The predicted molar refractivity (Wildman–Crippen MR) is 73.7 cm³/mol. The summed E-state index contributed by atoms with van der Waals surface area (Å²) >= 11 is 0. The topological polar surface area (TPSA) is 66.6 Å². The SMILES string of the molecule is Cc1nc2nc(C)c(C(=O)N3CCN(C)CC3)cn2n1. The number of nitrogens with zero attached hydrogens (tertiary/aromatic N) is 6. The number of rotatable bonds is 1. The van der Waals surface area contributed by atoms with E-state index in [4.69, 9.17) is 0 Å². The summed E-state index contributed by atoms with van der Waals surface area (Å²) in [4.78, 5) is 25.2. The lowest BCUT2D eigenvalue weighted by molar-refractivity contribution is 0.0662. The second kappa shape index (κ2) is 4.82. The van der Waals surface area contributed by atoms with Gasteiger partial charge in [-0.25, -0.2) is 9.50 Å². The van der Waals surface area contributed by atoms with Crippen LogP contribution >= 0.6 is 0 Å². The predicted octanol–water partition coefficient (Wildman–Crippen LogP) is 0.129. The Morgan fingerprint density at radius 3 is 2.55 bits per heavy atom. The number of carbonyl (C=O) groups excluding carboxylic acids is 1. The monoisotopic (exact) mass is 274 g/mol. The number of aromatic nitrogens is 4. The minimum Gasteiger partial charge on any atom is -0.336 e. The molecule has 0 spiro atoms. The zero-order valence-electron chi connectivity index (χ0n) is 12.0. The van der Waals surface area contributed by atoms with Crippen LogP contribution < -0.4 is 0 Å². The van der Waals surface area contributed by atoms with Crippen molar-refractivity contribution in [2.75, 3.05) is 33.2 Å². The number of aryl methyl sites for hydroxylation is 2. The standard InChI is InChI=1S/C13H18N6O/c1-9-11(8-19-13(14-9)15-10(2)16-19)12(20)18-6-4-17(3)5-7-18/h8H,4-7H2,1-3H3. The molecule has 1 amide bonds. The molecule has 0 aliphatic carbocycles. The third kappa shape index (κ3) is 2.24. The molecule has 3 heterocycles. The fraction of sp³-hybridized carbons (Fsp3) is 0.538. The van der Waals surface area contributed by atoms with Crippen molar-refractivity contribution in [3.63, 3.8) is 0 Å². The summed E-state index contributed by atoms with van der Waals surface area (Å²) in [7, 11) is 2.07. The molecule has 1 aliphatic rings. The van der Waals surface area contributed by atoms with E-state index >= 15 is 0 Å². The quantitative estimate of drug-likeness (QED) is 0.739. The lowest BCUT2D eigenvalue weighted by Crippen LogP contribution is -2.47. The van der Waals surface area contributed by atoms with Gasteiger partial charge in [0, 0.05) is 32.4 Å². The average Bonchev–Trinajstić information content (AvgIpc) is 2.77. The Labute approximate surface area is 117 Å². The highest BCUT2D eigenvalue weighted by Crippen LogP contribution is 2.12. The first-order valence-corrected chi connectivity index (χ1v) is 6.73. The molecular formula is C13H18N6O. The largest absolute Gasteiger partial charge is 0.336 e. The number of piperazine rings is 1. The maximum absolute atomic E-state index is 12.6. The Bertz CT molecular complexity index is 656. The van der Waals surface area contributed by atoms with E-state index < -0.39 is 0 Å². The van der Waals surface area contributed by atoms with E-state index in [9.17, 15) is 4.79 Å². The number of hydrogen-bond acceptors (Lipinski definition) is 5. The van der Waals surface area contributed by atoms with Crippen LogP contribution in [-0.2, 0) is 0 Å². The Balaban J connectivity index is 1.92. The molecule has 20 heavy (non-hydrogen) atoms. The van der Waals surface area contributed by atoms with Gasteiger partial charge in [0.05, 0.1) is 11.3 Å². The van der Waals surface area contributed by atoms with Crippen LogP contribution in [0.3, 0.4) is 0 Å². The minimum atomic E-state index is 0.0261. The van der Waals surface area contributed by atoms with Crippen LogP contribution in [0.4, 0.5) is 0 Å². The summed E-state index contributed by atoms with van der Waals surface area (Å²) in [5.41, 5.74) is 1.31. The van der Waals surface area contributed by atoms with E-state index in [0.717, 1.165) is 26.2 Å². The number of fused-ring (bicyclic) bond motifs is 1. The molecule has 0 radical (unpaired) electrons. The van der Waals surface area contributed by atoms with Crippen molar-refractivity contribution in [2.45, 2.75) is 13.8 Å². The second-order valence-electron chi connectivity index (χ2n) is 5.24. The van der Waals surface area contributed by atoms with Gasteiger partial charge in [-0.2, -0.15) is 10.1 Å². The van der Waals surface area contributed by atoms with Gasteiger partial charge in [-0.3, -0.25) is 4.79 Å². The molecule has 0 saturated carbocycles. The van der Waals surface area contributed by atoms with Gasteiger partial charge in [0.2, 0.25) is 0 Å². The zero-order valence-corrected chi connectivity index (χ0v) is 12.0. The molecule has 7 heteroatoms. The molecule has 0 N–H and O–H groups in total. The molecule has 0 aromatic carbocycles. The van der Waals surface area contributed by atoms with E-state index in [0.29, 0.717) is 22.9 Å². The first-order chi connectivity index (χ1) is 9.54. The van der Waals surface area contributed by atoms with Crippen LogP contribution in [0.15, 0.2) is 6.20 Å². The van der Waals surface area contributed by atoms with E-state index in [2.05, 4.69) is 27.0 Å². The summed E-state index contributed by atoms with van der Waals surface area (Å²) < 4.78 is 1.58. The third-order valence-electron chi connectivity index (χ3n) is 3.65. The van der Waals surface area contributed by atoms with Gasteiger partial charge in [-0.15, -0.1) is 0 Å². The van der Waals surface area contributed by atoms with Crippen LogP contribution in [0.1, 0.15) is 21.9 Å². The molecule has 0 atom stereocenters. The van der Waals surface area contributed by atoms with Gasteiger partial charge in [0.25, 0.3) is 11.7 Å². The molecule has 106 valence electrons. The van der Waals surface area contributed by atoms with Gasteiger partial charge in [0.15, 0.2) is 0 Å². The maximum atomic E-state index is 12.6. The smallest absolute Gasteiger partial charge is 0.257 e. The van der Waals surface area contributed by atoms with Crippen LogP contribution in [0.2, 0.25) is 0 Å². The van der Waals surface area contributed by atoms with Gasteiger partial charge in [-0.05, 0) is 20.9 Å². The van der Waals surface area contributed by atoms with Crippen molar-refractivity contribution < 1.29 is 4.79 Å². The van der Waals surface area contributed by atoms with E-state index in [1.807, 2.05) is 18.7 Å². The van der Waals surface area contributed by atoms with Crippen molar-refractivity contribution in [1.82, 2.24) is 29.4 Å². The van der Waals surface area contributed by atoms with Gasteiger partial charge in [0.1, 0.15) is 5.82 Å². The molecule has 0 bridgehead atoms. The average molecular weight is 274 g/mol. The second-order valence-corrected chi connectivity index (χ2v) is 5.24. The number of likely N-dealkylation sites (N-methyl/N-ethyl adjacent to an activating group) is 1. The molecular weight excluding hydrogens is 256 g/mol. The zero-order chi connectivity index (χ0) is 14.3. The highest BCUT2D eigenvalue weighted by atomic mass is 16.2. The van der Waals surface area contributed by atoms with E-state index in [-0.39, 0.29) is 5.91 Å². The Morgan fingerprint density at radius 1 is 1.15 bits per heavy atom. The molecule has 2 aromatic rings. The molecule has 1 saturated heterocycles. The normalized spacial score (nSPS) is 16.9. The molecule has 1 fully saturated rings. The number of amides is 1. The number of hydrogen-bond donors (Lipinski definition) is 0. The Hall–Kier alpha value is -2.02. The summed E-state index contributed by atoms with van der Waals surface area (Å²) in [6, 6.07) is 0. The highest BCUT2D eigenvalue weighted by Gasteiger charge is 2.23. The lowest BCUT2D eigenvalue weighted by Gasteiger charge is -2.32. The fourth-order valence-corrected chi connectivity index (χ4v) is 2.40. The van der Waals surface area contributed by atoms with Crippen LogP contribution in [0, 0.1) is 13.8 Å². The first-order valence-electron chi connectivity index (χ1n) is 6.73. The lowest BCUT2D eigenvalue weighted by atomic mass is 10.2. The van der Waals surface area contributed by atoms with Crippen molar-refractivity contribution in [2.24, 2.45) is 0 Å². The Morgan fingerprint density at radius 2 is 1.85 bits per heavy atom. The van der Waals surface area contributed by atoms with E-state index in [1.54, 1.807) is 10.7 Å². The fourth-order valence-electron chi connectivity index (χ4n) is 2.40. The summed E-state index contributed by atoms with van der Waals surface area (Å²) in [5, 5.41) is 4.22. The van der Waals surface area contributed by atoms with Crippen molar-refractivity contribution >= 4 is 11.7 Å². The molecule has 0 unspecified atom stereocenters. The minimum absolute atomic E-state index is 0.0261. The van der Waals surface area contributed by atoms with E-state index in [1.165, 1.54) is 0 Å². The van der Waals surface area contributed by atoms with Crippen molar-refractivity contribution in [3.05, 3.63) is 23.3 Å². The van der Waals surface area contributed by atoms with Gasteiger partial charge >= 0.3 is 0 Å². The number of carbonyl (C=O) groups is 1. The van der Waals surface area contributed by atoms with Crippen LogP contribution in [0.25, 0.3) is 5.78 Å². The Kier molecular flexibility index (Phi) is 3.13. The molecule has 3 rings (SSSR count). The third-order valence-corrected chi connectivity index (χ3v) is 3.65. The van der Waals surface area contributed by atoms with Crippen molar-refractivity contribution in [1.29, 1.82) is 0 Å².